The summed E-state index contributed by atoms with van der Waals surface area (Å²) in [5.74, 6) is 0. The molecule has 1 aliphatic rings. The standard InChI is InChI=1S/C8H16N2O/c1-8-7-10(5-6-11)4-3-9(8)2/h6,8H,3-5,7H2,1-2H3. The number of hydrogen-bond acceptors (Lipinski definition) is 3. The highest BCUT2D eigenvalue weighted by Crippen LogP contribution is 2.04. The molecule has 0 aliphatic carbocycles. The lowest BCUT2D eigenvalue weighted by molar-refractivity contribution is -0.109. The Morgan fingerprint density at radius 3 is 2.82 bits per heavy atom. The van der Waals surface area contributed by atoms with Gasteiger partial charge in [-0.1, -0.05) is 0 Å². The van der Waals surface area contributed by atoms with E-state index in [9.17, 15) is 4.79 Å². The molecule has 11 heavy (non-hydrogen) atoms. The molecule has 0 spiro atoms. The van der Waals surface area contributed by atoms with Crippen molar-refractivity contribution in [2.75, 3.05) is 33.2 Å². The largest absolute Gasteiger partial charge is 0.302 e. The average Bonchev–Trinajstić information content (AvgIpc) is 1.98. The summed E-state index contributed by atoms with van der Waals surface area (Å²) in [4.78, 5) is 14.7. The molecule has 1 saturated heterocycles. The van der Waals surface area contributed by atoms with Crippen LogP contribution in [0.4, 0.5) is 0 Å². The molecule has 1 heterocycles. The highest BCUT2D eigenvalue weighted by atomic mass is 16.1. The summed E-state index contributed by atoms with van der Waals surface area (Å²) in [7, 11) is 2.13. The summed E-state index contributed by atoms with van der Waals surface area (Å²) >= 11 is 0. The minimum absolute atomic E-state index is 0.587. The third kappa shape index (κ3) is 2.27. The molecule has 0 radical (unpaired) electrons. The number of nitrogens with zero attached hydrogens (tertiary/aromatic N) is 2. The normalized spacial score (nSPS) is 28.7. The highest BCUT2D eigenvalue weighted by molar-refractivity contribution is 5.51. The first-order chi connectivity index (χ1) is 5.24. The molecule has 3 nitrogen and oxygen atoms in total. The van der Waals surface area contributed by atoms with Crippen LogP contribution < -0.4 is 0 Å². The van der Waals surface area contributed by atoms with Gasteiger partial charge in [0.15, 0.2) is 0 Å². The van der Waals surface area contributed by atoms with Gasteiger partial charge in [-0.15, -0.1) is 0 Å². The van der Waals surface area contributed by atoms with E-state index in [1.165, 1.54) is 0 Å². The van der Waals surface area contributed by atoms with E-state index >= 15 is 0 Å². The SMILES string of the molecule is CC1CN(CC=O)CCN1C. The van der Waals surface area contributed by atoms with Gasteiger partial charge in [-0.25, -0.2) is 0 Å². The zero-order chi connectivity index (χ0) is 8.27. The van der Waals surface area contributed by atoms with Gasteiger partial charge in [-0.3, -0.25) is 4.90 Å². The summed E-state index contributed by atoms with van der Waals surface area (Å²) in [5, 5.41) is 0. The fourth-order valence-corrected chi connectivity index (χ4v) is 1.40. The molecule has 0 aromatic rings. The Hall–Kier alpha value is -0.410. The minimum Gasteiger partial charge on any atom is -0.302 e. The van der Waals surface area contributed by atoms with Crippen LogP contribution in [0.15, 0.2) is 0 Å². The Morgan fingerprint density at radius 2 is 2.27 bits per heavy atom. The van der Waals surface area contributed by atoms with Crippen molar-refractivity contribution < 1.29 is 4.79 Å². The number of rotatable bonds is 2. The Balaban J connectivity index is 2.33. The molecule has 64 valence electrons. The lowest BCUT2D eigenvalue weighted by Crippen LogP contribution is -2.50. The molecule has 0 aromatic carbocycles. The monoisotopic (exact) mass is 156 g/mol. The quantitative estimate of drug-likeness (QED) is 0.518. The van der Waals surface area contributed by atoms with Crippen molar-refractivity contribution in [1.29, 1.82) is 0 Å². The van der Waals surface area contributed by atoms with E-state index in [2.05, 4.69) is 23.8 Å². The van der Waals surface area contributed by atoms with Crippen molar-refractivity contribution >= 4 is 6.29 Å². The summed E-state index contributed by atoms with van der Waals surface area (Å²) in [6.45, 7) is 5.92. The number of hydrogen-bond donors (Lipinski definition) is 0. The Morgan fingerprint density at radius 1 is 1.55 bits per heavy atom. The van der Waals surface area contributed by atoms with Crippen LogP contribution in [-0.2, 0) is 4.79 Å². The fourth-order valence-electron chi connectivity index (χ4n) is 1.40. The molecule has 1 rings (SSSR count). The number of carbonyl (C=O) groups is 1. The molecule has 1 atom stereocenters. The molecule has 0 aromatic heterocycles. The van der Waals surface area contributed by atoms with Crippen molar-refractivity contribution in [3.05, 3.63) is 0 Å². The molecule has 0 bridgehead atoms. The second-order valence-electron chi connectivity index (χ2n) is 3.26. The van der Waals surface area contributed by atoms with E-state index < -0.39 is 0 Å². The lowest BCUT2D eigenvalue weighted by atomic mass is 10.2. The summed E-state index contributed by atoms with van der Waals surface area (Å²) < 4.78 is 0. The van der Waals surface area contributed by atoms with Crippen LogP contribution in [0.5, 0.6) is 0 Å². The van der Waals surface area contributed by atoms with Crippen LogP contribution in [0.2, 0.25) is 0 Å². The predicted octanol–water partition coefficient (Wildman–Crippen LogP) is -0.179. The first-order valence-electron chi connectivity index (χ1n) is 4.10. The Bertz CT molecular complexity index is 138. The van der Waals surface area contributed by atoms with Gasteiger partial charge in [0, 0.05) is 25.7 Å². The number of likely N-dealkylation sites (N-methyl/N-ethyl adjacent to an activating group) is 1. The van der Waals surface area contributed by atoms with Crippen molar-refractivity contribution in [3.8, 4) is 0 Å². The van der Waals surface area contributed by atoms with Gasteiger partial charge in [0.05, 0.1) is 6.54 Å². The maximum absolute atomic E-state index is 10.2. The van der Waals surface area contributed by atoms with Gasteiger partial charge < -0.3 is 9.69 Å². The van der Waals surface area contributed by atoms with Gasteiger partial charge in [-0.05, 0) is 14.0 Å². The molecule has 0 N–H and O–H groups in total. The smallest absolute Gasteiger partial charge is 0.133 e. The van der Waals surface area contributed by atoms with Crippen molar-refractivity contribution in [2.24, 2.45) is 0 Å². The van der Waals surface area contributed by atoms with E-state index in [0.29, 0.717) is 12.6 Å². The second-order valence-corrected chi connectivity index (χ2v) is 3.26. The maximum Gasteiger partial charge on any atom is 0.133 e. The van der Waals surface area contributed by atoms with Gasteiger partial charge >= 0.3 is 0 Å². The van der Waals surface area contributed by atoms with Gasteiger partial charge in [0.25, 0.3) is 0 Å². The van der Waals surface area contributed by atoms with Crippen LogP contribution in [-0.4, -0.2) is 55.4 Å². The molecule has 1 fully saturated rings. The zero-order valence-electron chi connectivity index (χ0n) is 7.29. The van der Waals surface area contributed by atoms with Crippen molar-refractivity contribution in [3.63, 3.8) is 0 Å². The topological polar surface area (TPSA) is 23.6 Å². The van der Waals surface area contributed by atoms with Crippen LogP contribution in [0.3, 0.4) is 0 Å². The first kappa shape index (κ1) is 8.68. The third-order valence-corrected chi connectivity index (χ3v) is 2.38. The fraction of sp³-hybridized carbons (Fsp3) is 0.875. The number of piperazine rings is 1. The average molecular weight is 156 g/mol. The Kier molecular flexibility index (Phi) is 3.02. The van der Waals surface area contributed by atoms with Crippen LogP contribution in [0.25, 0.3) is 0 Å². The Labute approximate surface area is 68.0 Å². The van der Waals surface area contributed by atoms with Gasteiger partial charge in [0.2, 0.25) is 0 Å². The first-order valence-corrected chi connectivity index (χ1v) is 4.10. The van der Waals surface area contributed by atoms with Gasteiger partial charge in [0.1, 0.15) is 6.29 Å². The van der Waals surface area contributed by atoms with E-state index in [1.54, 1.807) is 0 Å². The van der Waals surface area contributed by atoms with E-state index in [-0.39, 0.29) is 0 Å². The minimum atomic E-state index is 0.587. The van der Waals surface area contributed by atoms with Crippen LogP contribution in [0, 0.1) is 0 Å². The lowest BCUT2D eigenvalue weighted by Gasteiger charge is -2.36. The highest BCUT2D eigenvalue weighted by Gasteiger charge is 2.19. The van der Waals surface area contributed by atoms with Gasteiger partial charge in [-0.2, -0.15) is 0 Å². The predicted molar refractivity (Wildman–Crippen MR) is 44.6 cm³/mol. The molecule has 0 amide bonds. The summed E-state index contributed by atoms with van der Waals surface area (Å²) in [6.07, 6.45) is 0.984. The number of aldehydes is 1. The molecule has 0 saturated carbocycles. The van der Waals surface area contributed by atoms with Crippen molar-refractivity contribution in [1.82, 2.24) is 9.80 Å². The maximum atomic E-state index is 10.2. The molecule has 1 aliphatic heterocycles. The summed E-state index contributed by atoms with van der Waals surface area (Å²) in [5.41, 5.74) is 0. The van der Waals surface area contributed by atoms with Crippen molar-refractivity contribution in [2.45, 2.75) is 13.0 Å². The number of carbonyl (C=O) groups excluding carboxylic acids is 1. The summed E-state index contributed by atoms with van der Waals surface area (Å²) in [6, 6.07) is 0.587. The zero-order valence-corrected chi connectivity index (χ0v) is 7.29. The second kappa shape index (κ2) is 3.83. The van der Waals surface area contributed by atoms with Crippen LogP contribution >= 0.6 is 0 Å². The molecule has 3 heteroatoms. The third-order valence-electron chi connectivity index (χ3n) is 2.38. The van der Waals surface area contributed by atoms with E-state index in [0.717, 1.165) is 25.9 Å². The van der Waals surface area contributed by atoms with E-state index in [1.807, 2.05) is 0 Å². The molecular weight excluding hydrogens is 140 g/mol. The molecular formula is C8H16N2O. The van der Waals surface area contributed by atoms with E-state index in [4.69, 9.17) is 0 Å². The van der Waals surface area contributed by atoms with Crippen LogP contribution in [0.1, 0.15) is 6.92 Å². The molecule has 1 unspecified atom stereocenters.